The van der Waals surface area contributed by atoms with E-state index in [1.807, 2.05) is 0 Å². The van der Waals surface area contributed by atoms with Gasteiger partial charge in [-0.2, -0.15) is 0 Å². The predicted octanol–water partition coefficient (Wildman–Crippen LogP) is 0.573. The van der Waals surface area contributed by atoms with Crippen molar-refractivity contribution in [3.8, 4) is 5.75 Å². The van der Waals surface area contributed by atoms with Crippen LogP contribution in [-0.2, 0) is 14.8 Å². The molecule has 1 aromatic carbocycles. The monoisotopic (exact) mass is 344 g/mol. The first-order valence-corrected chi connectivity index (χ1v) is 8.20. The maximum Gasteiger partial charge on any atom is 0.309 e. The number of rotatable bonds is 8. The topological polar surface area (TPSA) is 136 Å². The minimum absolute atomic E-state index is 0.0544. The number of primary amides is 1. The number of carbonyl (C=O) groups excluding carboxylic acids is 1. The normalized spacial score (nSPS) is 12.0. The van der Waals surface area contributed by atoms with Gasteiger partial charge in [0, 0.05) is 6.54 Å². The molecule has 9 heteroatoms. The Morgan fingerprint density at radius 3 is 2.43 bits per heavy atom. The molecule has 0 fully saturated rings. The molecule has 8 nitrogen and oxygen atoms in total. The van der Waals surface area contributed by atoms with Crippen molar-refractivity contribution in [3.05, 3.63) is 23.8 Å². The molecule has 0 aliphatic rings. The van der Waals surface area contributed by atoms with Crippen molar-refractivity contribution in [3.63, 3.8) is 0 Å². The van der Waals surface area contributed by atoms with Crippen molar-refractivity contribution in [2.45, 2.75) is 25.2 Å². The van der Waals surface area contributed by atoms with E-state index >= 15 is 0 Å². The van der Waals surface area contributed by atoms with Gasteiger partial charge in [-0.3, -0.25) is 9.59 Å². The Kier molecular flexibility index (Phi) is 5.73. The Morgan fingerprint density at radius 1 is 1.35 bits per heavy atom. The molecule has 0 atom stereocenters. The fraction of sp³-hybridized carbons (Fsp3) is 0.429. The van der Waals surface area contributed by atoms with Gasteiger partial charge in [0.25, 0.3) is 5.91 Å². The van der Waals surface area contributed by atoms with Crippen LogP contribution in [0.4, 0.5) is 0 Å². The molecule has 0 spiro atoms. The van der Waals surface area contributed by atoms with Crippen LogP contribution in [0.25, 0.3) is 0 Å². The molecule has 0 aliphatic carbocycles. The Bertz CT molecular complexity index is 712. The number of nitrogens with two attached hydrogens (primary N) is 1. The molecule has 0 aromatic heterocycles. The number of benzene rings is 1. The van der Waals surface area contributed by atoms with Crippen molar-refractivity contribution in [2.75, 3.05) is 13.7 Å². The number of hydrogen-bond donors (Lipinski definition) is 3. The summed E-state index contributed by atoms with van der Waals surface area (Å²) in [5, 5.41) is 9.00. The smallest absolute Gasteiger partial charge is 0.309 e. The van der Waals surface area contributed by atoms with E-state index in [0.29, 0.717) is 0 Å². The van der Waals surface area contributed by atoms with Crippen LogP contribution in [0.3, 0.4) is 0 Å². The van der Waals surface area contributed by atoms with Gasteiger partial charge in [0.15, 0.2) is 0 Å². The molecule has 1 amide bonds. The predicted molar refractivity (Wildman–Crippen MR) is 82.7 cm³/mol. The second kappa shape index (κ2) is 6.97. The lowest BCUT2D eigenvalue weighted by atomic mass is 9.90. The molecule has 0 radical (unpaired) electrons. The second-order valence-corrected chi connectivity index (χ2v) is 7.33. The Morgan fingerprint density at radius 2 is 1.96 bits per heavy atom. The van der Waals surface area contributed by atoms with Gasteiger partial charge in [-0.05, 0) is 38.5 Å². The third-order valence-electron chi connectivity index (χ3n) is 3.37. The number of hydrogen-bond acceptors (Lipinski definition) is 5. The zero-order valence-corrected chi connectivity index (χ0v) is 13.9. The van der Waals surface area contributed by atoms with Crippen molar-refractivity contribution >= 4 is 21.9 Å². The fourth-order valence-corrected chi connectivity index (χ4v) is 2.79. The van der Waals surface area contributed by atoms with Gasteiger partial charge in [-0.15, -0.1) is 0 Å². The highest BCUT2D eigenvalue weighted by molar-refractivity contribution is 7.89. The second-order valence-electron chi connectivity index (χ2n) is 5.56. The molecule has 0 saturated heterocycles. The average Bonchev–Trinajstić information content (AvgIpc) is 2.45. The van der Waals surface area contributed by atoms with Gasteiger partial charge in [0.2, 0.25) is 10.0 Å². The van der Waals surface area contributed by atoms with E-state index in [9.17, 15) is 18.0 Å². The Hall–Kier alpha value is -2.13. The van der Waals surface area contributed by atoms with E-state index in [1.165, 1.54) is 33.1 Å². The lowest BCUT2D eigenvalue weighted by Crippen LogP contribution is -2.32. The molecule has 128 valence electrons. The van der Waals surface area contributed by atoms with Crippen LogP contribution in [-0.4, -0.2) is 39.1 Å². The average molecular weight is 344 g/mol. The Balaban J connectivity index is 2.95. The lowest BCUT2D eigenvalue weighted by molar-refractivity contribution is -0.147. The molecule has 4 N–H and O–H groups in total. The molecular weight excluding hydrogens is 324 g/mol. The number of carboxylic acids is 1. The van der Waals surface area contributed by atoms with Crippen molar-refractivity contribution in [2.24, 2.45) is 11.1 Å². The molecule has 0 aliphatic heterocycles. The molecule has 0 heterocycles. The van der Waals surface area contributed by atoms with E-state index < -0.39 is 27.3 Å². The maximum atomic E-state index is 12.2. The lowest BCUT2D eigenvalue weighted by Gasteiger charge is -2.19. The molecule has 1 aromatic rings. The molecule has 0 saturated carbocycles. The summed E-state index contributed by atoms with van der Waals surface area (Å²) in [7, 11) is -2.56. The summed E-state index contributed by atoms with van der Waals surface area (Å²) >= 11 is 0. The highest BCUT2D eigenvalue weighted by atomic mass is 32.2. The van der Waals surface area contributed by atoms with Crippen LogP contribution in [0.2, 0.25) is 0 Å². The third-order valence-corrected chi connectivity index (χ3v) is 4.83. The number of amides is 1. The summed E-state index contributed by atoms with van der Waals surface area (Å²) < 4.78 is 31.7. The van der Waals surface area contributed by atoms with Crippen LogP contribution in [0.15, 0.2) is 23.1 Å². The van der Waals surface area contributed by atoms with Gasteiger partial charge >= 0.3 is 5.97 Å². The number of nitrogens with one attached hydrogen (secondary N) is 1. The van der Waals surface area contributed by atoms with Crippen LogP contribution >= 0.6 is 0 Å². The van der Waals surface area contributed by atoms with Crippen LogP contribution < -0.4 is 15.2 Å². The molecule has 0 unspecified atom stereocenters. The van der Waals surface area contributed by atoms with E-state index in [1.54, 1.807) is 0 Å². The minimum atomic E-state index is -3.90. The van der Waals surface area contributed by atoms with E-state index in [-0.39, 0.29) is 29.2 Å². The quantitative estimate of drug-likeness (QED) is 0.631. The van der Waals surface area contributed by atoms with Gasteiger partial charge in [-0.1, -0.05) is 0 Å². The number of sulfonamides is 1. The van der Waals surface area contributed by atoms with Crippen molar-refractivity contribution in [1.29, 1.82) is 0 Å². The largest absolute Gasteiger partial charge is 0.496 e. The molecular formula is C14H20N2O6S. The summed E-state index contributed by atoms with van der Waals surface area (Å²) in [5.41, 5.74) is 4.08. The summed E-state index contributed by atoms with van der Waals surface area (Å²) in [6.45, 7) is 2.95. The van der Waals surface area contributed by atoms with Crippen molar-refractivity contribution in [1.82, 2.24) is 4.72 Å². The summed E-state index contributed by atoms with van der Waals surface area (Å²) in [5.74, 6) is -1.66. The van der Waals surface area contributed by atoms with Crippen molar-refractivity contribution < 1.29 is 27.9 Å². The first kappa shape index (κ1) is 18.9. The van der Waals surface area contributed by atoms with Gasteiger partial charge < -0.3 is 15.6 Å². The standard InChI is InChI=1S/C14H20N2O6S/c1-14(2,13(18)19)6-7-16-23(20,21)9-4-5-11(22-3)10(8-9)12(15)17/h4-5,8,16H,6-7H2,1-3H3,(H2,15,17)(H,18,19). The SMILES string of the molecule is COc1ccc(S(=O)(=O)NCCC(C)(C)C(=O)O)cc1C(N)=O. The number of aliphatic carboxylic acids is 1. The zero-order chi connectivity index (χ0) is 17.8. The van der Waals surface area contributed by atoms with E-state index in [0.717, 1.165) is 6.07 Å². The number of methoxy groups -OCH3 is 1. The highest BCUT2D eigenvalue weighted by Crippen LogP contribution is 2.23. The van der Waals surface area contributed by atoms with Gasteiger partial charge in [0.05, 0.1) is 23.0 Å². The fourth-order valence-electron chi connectivity index (χ4n) is 1.73. The van der Waals surface area contributed by atoms with E-state index in [4.69, 9.17) is 15.6 Å². The molecule has 23 heavy (non-hydrogen) atoms. The first-order valence-electron chi connectivity index (χ1n) is 6.72. The maximum absolute atomic E-state index is 12.2. The summed E-state index contributed by atoms with van der Waals surface area (Å²) in [4.78, 5) is 22.2. The Labute approximate surface area is 134 Å². The minimum Gasteiger partial charge on any atom is -0.496 e. The van der Waals surface area contributed by atoms with Crippen LogP contribution in [0.1, 0.15) is 30.6 Å². The van der Waals surface area contributed by atoms with Gasteiger partial charge in [-0.25, -0.2) is 13.1 Å². The number of carbonyl (C=O) groups is 2. The molecule has 1 rings (SSSR count). The number of ether oxygens (including phenoxy) is 1. The first-order chi connectivity index (χ1) is 10.5. The zero-order valence-electron chi connectivity index (χ0n) is 13.1. The van der Waals surface area contributed by atoms with Crippen LogP contribution in [0.5, 0.6) is 5.75 Å². The summed E-state index contributed by atoms with van der Waals surface area (Å²) in [6, 6.07) is 3.72. The highest BCUT2D eigenvalue weighted by Gasteiger charge is 2.27. The van der Waals surface area contributed by atoms with E-state index in [2.05, 4.69) is 4.72 Å². The summed E-state index contributed by atoms with van der Waals surface area (Å²) in [6.07, 6.45) is 0.112. The molecule has 0 bridgehead atoms. The third kappa shape index (κ3) is 4.67. The van der Waals surface area contributed by atoms with Gasteiger partial charge in [0.1, 0.15) is 5.75 Å². The van der Waals surface area contributed by atoms with Crippen LogP contribution in [0, 0.1) is 5.41 Å². The number of carboxylic acid groups (broad SMARTS) is 1.